The molecule has 1 aliphatic heterocycles. The van der Waals surface area contributed by atoms with Gasteiger partial charge in [0.1, 0.15) is 0 Å². The molecule has 0 aliphatic carbocycles. The summed E-state index contributed by atoms with van der Waals surface area (Å²) in [5.74, 6) is 1.44. The molecule has 1 aromatic rings. The third-order valence-corrected chi connectivity index (χ3v) is 3.64. The molecule has 1 aliphatic rings. The van der Waals surface area contributed by atoms with Crippen molar-refractivity contribution in [1.29, 1.82) is 0 Å². The molecule has 1 heteroatoms. The summed E-state index contributed by atoms with van der Waals surface area (Å²) in [6.07, 6.45) is 7.35. The minimum Gasteiger partial charge on any atom is -0.260 e. The minimum absolute atomic E-state index is 0.570. The Morgan fingerprint density at radius 2 is 2.12 bits per heavy atom. The summed E-state index contributed by atoms with van der Waals surface area (Å²) < 4.78 is 0. The van der Waals surface area contributed by atoms with Gasteiger partial charge in [0.2, 0.25) is 0 Å². The van der Waals surface area contributed by atoms with Gasteiger partial charge in [-0.15, -0.1) is 0 Å². The third kappa shape index (κ3) is 2.52. The van der Waals surface area contributed by atoms with E-state index in [0.717, 1.165) is 5.92 Å². The van der Waals surface area contributed by atoms with Gasteiger partial charge in [0.15, 0.2) is 0 Å². The molecule has 0 bridgehead atoms. The molecule has 1 aromatic carbocycles. The van der Waals surface area contributed by atoms with Gasteiger partial charge >= 0.3 is 0 Å². The number of hydrogen-bond acceptors (Lipinski definition) is 1. The van der Waals surface area contributed by atoms with E-state index in [0.29, 0.717) is 5.92 Å². The van der Waals surface area contributed by atoms with Gasteiger partial charge in [-0.05, 0) is 24.0 Å². The molecule has 0 fully saturated rings. The highest BCUT2D eigenvalue weighted by molar-refractivity contribution is 5.80. The van der Waals surface area contributed by atoms with E-state index in [-0.39, 0.29) is 0 Å². The summed E-state index contributed by atoms with van der Waals surface area (Å²) in [7, 11) is 0. The Balaban J connectivity index is 1.87. The van der Waals surface area contributed by atoms with Crippen molar-refractivity contribution in [3.8, 4) is 0 Å². The lowest BCUT2D eigenvalue weighted by Gasteiger charge is -2.11. The predicted octanol–water partition coefficient (Wildman–Crippen LogP) is 4.70. The molecular weight excluding hydrogens is 194 g/mol. The van der Waals surface area contributed by atoms with Crippen molar-refractivity contribution >= 4 is 11.9 Å². The fraction of sp³-hybridized carbons (Fsp3) is 0.533. The van der Waals surface area contributed by atoms with Crippen LogP contribution in [-0.2, 0) is 0 Å². The van der Waals surface area contributed by atoms with E-state index >= 15 is 0 Å². The predicted molar refractivity (Wildman–Crippen MR) is 70.6 cm³/mol. The second-order valence-corrected chi connectivity index (χ2v) is 4.89. The molecule has 0 amide bonds. The van der Waals surface area contributed by atoms with Crippen LogP contribution < -0.4 is 0 Å². The summed E-state index contributed by atoms with van der Waals surface area (Å²) in [6, 6.07) is 8.52. The number of aliphatic imine (C=N–C) groups is 1. The van der Waals surface area contributed by atoms with E-state index in [2.05, 4.69) is 49.3 Å². The molecular formula is C15H21N. The lowest BCUT2D eigenvalue weighted by atomic mass is 9.92. The Bertz CT molecular complexity index is 367. The zero-order valence-electron chi connectivity index (χ0n) is 10.3. The smallest absolute Gasteiger partial charge is 0.0664 e. The van der Waals surface area contributed by atoms with Crippen molar-refractivity contribution in [3.63, 3.8) is 0 Å². The maximum atomic E-state index is 4.47. The van der Waals surface area contributed by atoms with E-state index < -0.39 is 0 Å². The molecule has 1 nitrogen and oxygen atoms in total. The molecule has 0 aromatic heterocycles. The molecule has 0 spiro atoms. The van der Waals surface area contributed by atoms with Crippen LogP contribution in [-0.4, -0.2) is 6.21 Å². The fourth-order valence-electron chi connectivity index (χ4n) is 2.29. The van der Waals surface area contributed by atoms with Crippen molar-refractivity contribution in [1.82, 2.24) is 0 Å². The van der Waals surface area contributed by atoms with Crippen molar-refractivity contribution in [2.75, 3.05) is 0 Å². The first kappa shape index (κ1) is 11.4. The van der Waals surface area contributed by atoms with Gasteiger partial charge in [-0.25, -0.2) is 0 Å². The normalized spacial score (nSPS) is 19.8. The van der Waals surface area contributed by atoms with Crippen LogP contribution in [0.3, 0.4) is 0 Å². The molecule has 0 radical (unpaired) electrons. The van der Waals surface area contributed by atoms with Crippen LogP contribution in [0, 0.1) is 5.92 Å². The standard InChI is InChI=1S/C15H21N/c1-3-12(2)7-6-8-13-11-16-15-10-5-4-9-14(13)15/h4-5,9-13H,3,6-8H2,1-2H3. The second-order valence-electron chi connectivity index (χ2n) is 4.89. The Kier molecular flexibility index (Phi) is 3.76. The summed E-state index contributed by atoms with van der Waals surface area (Å²) in [5.41, 5.74) is 2.60. The molecule has 86 valence electrons. The molecule has 0 N–H and O–H groups in total. The lowest BCUT2D eigenvalue weighted by molar-refractivity contribution is 0.481. The van der Waals surface area contributed by atoms with Gasteiger partial charge in [0.25, 0.3) is 0 Å². The molecule has 0 saturated carbocycles. The van der Waals surface area contributed by atoms with Crippen LogP contribution in [0.25, 0.3) is 0 Å². The zero-order chi connectivity index (χ0) is 11.4. The van der Waals surface area contributed by atoms with Gasteiger partial charge < -0.3 is 0 Å². The maximum absolute atomic E-state index is 4.47. The summed E-state index contributed by atoms with van der Waals surface area (Å²) in [6.45, 7) is 4.62. The monoisotopic (exact) mass is 215 g/mol. The van der Waals surface area contributed by atoms with Crippen LogP contribution in [0.1, 0.15) is 51.0 Å². The average Bonchev–Trinajstić information content (AvgIpc) is 2.73. The van der Waals surface area contributed by atoms with E-state index in [1.54, 1.807) is 0 Å². The fourth-order valence-corrected chi connectivity index (χ4v) is 2.29. The maximum Gasteiger partial charge on any atom is 0.0664 e. The highest BCUT2D eigenvalue weighted by Gasteiger charge is 2.17. The van der Waals surface area contributed by atoms with Crippen LogP contribution in [0.5, 0.6) is 0 Å². The largest absolute Gasteiger partial charge is 0.260 e. The van der Waals surface area contributed by atoms with Crippen molar-refractivity contribution in [3.05, 3.63) is 29.8 Å². The first-order valence-electron chi connectivity index (χ1n) is 6.44. The third-order valence-electron chi connectivity index (χ3n) is 3.64. The van der Waals surface area contributed by atoms with Gasteiger partial charge in [0.05, 0.1) is 5.69 Å². The average molecular weight is 215 g/mol. The number of para-hydroxylation sites is 1. The summed E-state index contributed by atoms with van der Waals surface area (Å²) in [5, 5.41) is 0. The number of nitrogens with zero attached hydrogens (tertiary/aromatic N) is 1. The number of hydrogen-bond donors (Lipinski definition) is 0. The van der Waals surface area contributed by atoms with Crippen LogP contribution in [0.4, 0.5) is 5.69 Å². The highest BCUT2D eigenvalue weighted by Crippen LogP contribution is 2.34. The van der Waals surface area contributed by atoms with Crippen LogP contribution in [0.15, 0.2) is 29.3 Å². The zero-order valence-corrected chi connectivity index (χ0v) is 10.3. The summed E-state index contributed by atoms with van der Waals surface area (Å²) >= 11 is 0. The molecule has 16 heavy (non-hydrogen) atoms. The Labute approximate surface area is 98.6 Å². The number of benzene rings is 1. The summed E-state index contributed by atoms with van der Waals surface area (Å²) in [4.78, 5) is 4.47. The topological polar surface area (TPSA) is 12.4 Å². The van der Waals surface area contributed by atoms with E-state index in [9.17, 15) is 0 Å². The molecule has 2 rings (SSSR count). The Hall–Kier alpha value is -1.11. The Morgan fingerprint density at radius 3 is 2.94 bits per heavy atom. The minimum atomic E-state index is 0.570. The molecule has 1 heterocycles. The lowest BCUT2D eigenvalue weighted by Crippen LogP contribution is -1.98. The Morgan fingerprint density at radius 1 is 1.31 bits per heavy atom. The van der Waals surface area contributed by atoms with Crippen LogP contribution in [0.2, 0.25) is 0 Å². The van der Waals surface area contributed by atoms with Gasteiger partial charge in [-0.3, -0.25) is 4.99 Å². The van der Waals surface area contributed by atoms with E-state index in [1.807, 2.05) is 0 Å². The molecule has 2 unspecified atom stereocenters. The van der Waals surface area contributed by atoms with Crippen LogP contribution >= 0.6 is 0 Å². The number of fused-ring (bicyclic) bond motifs is 1. The van der Waals surface area contributed by atoms with E-state index in [1.165, 1.54) is 36.9 Å². The highest BCUT2D eigenvalue weighted by atomic mass is 14.8. The first-order valence-corrected chi connectivity index (χ1v) is 6.44. The number of rotatable bonds is 5. The first-order chi connectivity index (χ1) is 7.81. The van der Waals surface area contributed by atoms with Crippen molar-refractivity contribution < 1.29 is 0 Å². The van der Waals surface area contributed by atoms with Gasteiger partial charge in [-0.1, -0.05) is 51.3 Å². The molecule has 0 saturated heterocycles. The quantitative estimate of drug-likeness (QED) is 0.675. The van der Waals surface area contributed by atoms with Crippen molar-refractivity contribution in [2.45, 2.75) is 45.4 Å². The second kappa shape index (κ2) is 5.29. The van der Waals surface area contributed by atoms with Gasteiger partial charge in [0, 0.05) is 12.1 Å². The molecule has 2 atom stereocenters. The van der Waals surface area contributed by atoms with Gasteiger partial charge in [-0.2, -0.15) is 0 Å². The van der Waals surface area contributed by atoms with Crippen molar-refractivity contribution in [2.24, 2.45) is 10.9 Å². The SMILES string of the molecule is CCC(C)CCCC1C=Nc2ccccc21. The van der Waals surface area contributed by atoms with E-state index in [4.69, 9.17) is 0 Å².